The van der Waals surface area contributed by atoms with Crippen LogP contribution in [0.25, 0.3) is 0 Å². The summed E-state index contributed by atoms with van der Waals surface area (Å²) in [5, 5.41) is 7.97. The first kappa shape index (κ1) is 19.0. The lowest BCUT2D eigenvalue weighted by atomic mass is 10.1. The number of amides is 3. The van der Waals surface area contributed by atoms with Crippen molar-refractivity contribution in [3.63, 3.8) is 0 Å². The third-order valence-electron chi connectivity index (χ3n) is 3.99. The maximum Gasteiger partial charge on any atom is 0.318 e. The third-order valence-corrected chi connectivity index (χ3v) is 3.99. The summed E-state index contributed by atoms with van der Waals surface area (Å²) in [6.45, 7) is 0.436. The lowest BCUT2D eigenvalue weighted by Crippen LogP contribution is -2.24. The maximum atomic E-state index is 12.4. The Morgan fingerprint density at radius 2 is 1.39 bits per heavy atom. The van der Waals surface area contributed by atoms with Gasteiger partial charge in [0.25, 0.3) is 5.91 Å². The van der Waals surface area contributed by atoms with E-state index in [0.717, 1.165) is 11.3 Å². The lowest BCUT2D eigenvalue weighted by molar-refractivity contribution is 0.102. The molecule has 3 N–H and O–H groups in total. The molecule has 0 saturated carbocycles. The molecule has 0 aliphatic carbocycles. The Morgan fingerprint density at radius 1 is 0.786 bits per heavy atom. The van der Waals surface area contributed by atoms with Crippen molar-refractivity contribution in [2.75, 3.05) is 17.7 Å². The average Bonchev–Trinajstić information content (AvgIpc) is 2.74. The second-order valence-electron chi connectivity index (χ2n) is 6.03. The molecule has 3 amide bonds. The number of rotatable bonds is 6. The second kappa shape index (κ2) is 9.23. The SMILES string of the molecule is CNC(=O)Nc1ccc(NC(=O)c2ccc(COc3ccccc3)cc2)cc1. The van der Waals surface area contributed by atoms with E-state index < -0.39 is 0 Å². The number of urea groups is 1. The fourth-order valence-corrected chi connectivity index (χ4v) is 2.47. The van der Waals surface area contributed by atoms with Crippen LogP contribution in [0, 0.1) is 0 Å². The number of anilines is 2. The summed E-state index contributed by atoms with van der Waals surface area (Å²) in [7, 11) is 1.54. The zero-order valence-corrected chi connectivity index (χ0v) is 15.4. The minimum atomic E-state index is -0.298. The zero-order valence-electron chi connectivity index (χ0n) is 15.4. The summed E-state index contributed by atoms with van der Waals surface area (Å²) in [4.78, 5) is 23.7. The molecule has 6 heteroatoms. The number of benzene rings is 3. The molecule has 3 rings (SSSR count). The van der Waals surface area contributed by atoms with E-state index in [1.807, 2.05) is 42.5 Å². The monoisotopic (exact) mass is 375 g/mol. The molecule has 142 valence electrons. The number of para-hydroxylation sites is 1. The molecule has 6 nitrogen and oxygen atoms in total. The fraction of sp³-hybridized carbons (Fsp3) is 0.0909. The number of hydrogen-bond donors (Lipinski definition) is 3. The smallest absolute Gasteiger partial charge is 0.318 e. The van der Waals surface area contributed by atoms with Gasteiger partial charge in [-0.25, -0.2) is 4.79 Å². The summed E-state index contributed by atoms with van der Waals surface area (Å²) in [5.41, 5.74) is 2.81. The molecular weight excluding hydrogens is 354 g/mol. The minimum absolute atomic E-state index is 0.206. The van der Waals surface area contributed by atoms with Gasteiger partial charge in [0.1, 0.15) is 12.4 Å². The molecule has 0 unspecified atom stereocenters. The van der Waals surface area contributed by atoms with Crippen LogP contribution in [0.2, 0.25) is 0 Å². The molecule has 0 saturated heterocycles. The van der Waals surface area contributed by atoms with Crippen molar-refractivity contribution in [2.24, 2.45) is 0 Å². The van der Waals surface area contributed by atoms with E-state index in [0.29, 0.717) is 23.5 Å². The second-order valence-corrected chi connectivity index (χ2v) is 6.03. The fourth-order valence-electron chi connectivity index (χ4n) is 2.47. The molecule has 0 radical (unpaired) electrons. The van der Waals surface area contributed by atoms with Gasteiger partial charge in [0.2, 0.25) is 0 Å². The van der Waals surface area contributed by atoms with E-state index in [1.54, 1.807) is 43.4 Å². The molecule has 0 fully saturated rings. The quantitative estimate of drug-likeness (QED) is 0.602. The van der Waals surface area contributed by atoms with Gasteiger partial charge in [0.15, 0.2) is 0 Å². The van der Waals surface area contributed by atoms with Crippen LogP contribution in [-0.2, 0) is 6.61 Å². The summed E-state index contributed by atoms with van der Waals surface area (Å²) in [5.74, 6) is 0.598. The van der Waals surface area contributed by atoms with Crippen molar-refractivity contribution in [2.45, 2.75) is 6.61 Å². The van der Waals surface area contributed by atoms with Crippen LogP contribution < -0.4 is 20.7 Å². The Labute approximate surface area is 163 Å². The Bertz CT molecular complexity index is 924. The van der Waals surface area contributed by atoms with Gasteiger partial charge in [-0.1, -0.05) is 30.3 Å². The maximum absolute atomic E-state index is 12.4. The predicted molar refractivity (Wildman–Crippen MR) is 110 cm³/mol. The molecule has 28 heavy (non-hydrogen) atoms. The summed E-state index contributed by atoms with van der Waals surface area (Å²) >= 11 is 0. The highest BCUT2D eigenvalue weighted by Crippen LogP contribution is 2.16. The van der Waals surface area contributed by atoms with E-state index >= 15 is 0 Å². The van der Waals surface area contributed by atoms with Crippen molar-refractivity contribution in [3.8, 4) is 5.75 Å². The van der Waals surface area contributed by atoms with E-state index in [2.05, 4.69) is 16.0 Å². The summed E-state index contributed by atoms with van der Waals surface area (Å²) in [6, 6.07) is 23.4. The van der Waals surface area contributed by atoms with Crippen molar-refractivity contribution in [3.05, 3.63) is 90.0 Å². The van der Waals surface area contributed by atoms with E-state index in [9.17, 15) is 9.59 Å². The van der Waals surface area contributed by atoms with E-state index in [4.69, 9.17) is 4.74 Å². The van der Waals surface area contributed by atoms with E-state index in [-0.39, 0.29) is 11.9 Å². The van der Waals surface area contributed by atoms with Crippen molar-refractivity contribution in [1.29, 1.82) is 0 Å². The molecular formula is C22H21N3O3. The number of nitrogens with one attached hydrogen (secondary N) is 3. The Hall–Kier alpha value is -3.80. The number of ether oxygens (including phenoxy) is 1. The van der Waals surface area contributed by atoms with Crippen LogP contribution in [0.3, 0.4) is 0 Å². The first-order valence-electron chi connectivity index (χ1n) is 8.81. The molecule has 3 aromatic carbocycles. The topological polar surface area (TPSA) is 79.5 Å². The standard InChI is InChI=1S/C22H21N3O3/c1-23-22(27)25-19-13-11-18(12-14-19)24-21(26)17-9-7-16(8-10-17)15-28-20-5-3-2-4-6-20/h2-14H,15H2,1H3,(H,24,26)(H2,23,25,27). The molecule has 0 atom stereocenters. The third kappa shape index (κ3) is 5.35. The van der Waals surface area contributed by atoms with Crippen LogP contribution in [0.4, 0.5) is 16.2 Å². The Balaban J connectivity index is 1.55. The molecule has 0 spiro atoms. The molecule has 0 bridgehead atoms. The van der Waals surface area contributed by atoms with Gasteiger partial charge in [-0.2, -0.15) is 0 Å². The van der Waals surface area contributed by atoms with Gasteiger partial charge in [-0.15, -0.1) is 0 Å². The summed E-state index contributed by atoms with van der Waals surface area (Å²) < 4.78 is 5.70. The van der Waals surface area contributed by atoms with Crippen LogP contribution in [0.1, 0.15) is 15.9 Å². The molecule has 0 aliphatic heterocycles. The van der Waals surface area contributed by atoms with Crippen molar-refractivity contribution < 1.29 is 14.3 Å². The number of carbonyl (C=O) groups excluding carboxylic acids is 2. The summed E-state index contributed by atoms with van der Waals surface area (Å²) in [6.07, 6.45) is 0. The van der Waals surface area contributed by atoms with Crippen LogP contribution in [-0.4, -0.2) is 19.0 Å². The highest BCUT2D eigenvalue weighted by Gasteiger charge is 2.07. The van der Waals surface area contributed by atoms with Gasteiger partial charge < -0.3 is 20.7 Å². The van der Waals surface area contributed by atoms with Crippen molar-refractivity contribution in [1.82, 2.24) is 5.32 Å². The average molecular weight is 375 g/mol. The van der Waals surface area contributed by atoms with Crippen LogP contribution >= 0.6 is 0 Å². The predicted octanol–water partition coefficient (Wildman–Crippen LogP) is 4.27. The highest BCUT2D eigenvalue weighted by atomic mass is 16.5. The first-order chi connectivity index (χ1) is 13.6. The van der Waals surface area contributed by atoms with Gasteiger partial charge in [0.05, 0.1) is 0 Å². The lowest BCUT2D eigenvalue weighted by Gasteiger charge is -2.09. The molecule has 0 aromatic heterocycles. The molecule has 0 aliphatic rings. The van der Waals surface area contributed by atoms with Gasteiger partial charge in [0, 0.05) is 24.0 Å². The zero-order chi connectivity index (χ0) is 19.8. The van der Waals surface area contributed by atoms with E-state index in [1.165, 1.54) is 0 Å². The Morgan fingerprint density at radius 3 is 2.00 bits per heavy atom. The van der Waals surface area contributed by atoms with Crippen LogP contribution in [0.15, 0.2) is 78.9 Å². The van der Waals surface area contributed by atoms with Crippen LogP contribution in [0.5, 0.6) is 5.75 Å². The minimum Gasteiger partial charge on any atom is -0.489 e. The molecule has 3 aromatic rings. The number of carbonyl (C=O) groups is 2. The Kier molecular flexibility index (Phi) is 6.25. The highest BCUT2D eigenvalue weighted by molar-refractivity contribution is 6.04. The van der Waals surface area contributed by atoms with Gasteiger partial charge >= 0.3 is 6.03 Å². The van der Waals surface area contributed by atoms with Gasteiger partial charge in [-0.3, -0.25) is 4.79 Å². The van der Waals surface area contributed by atoms with Gasteiger partial charge in [-0.05, 0) is 54.1 Å². The normalized spacial score (nSPS) is 10.0. The number of hydrogen-bond acceptors (Lipinski definition) is 3. The first-order valence-corrected chi connectivity index (χ1v) is 8.81. The molecule has 0 heterocycles. The largest absolute Gasteiger partial charge is 0.489 e. The van der Waals surface area contributed by atoms with Crippen molar-refractivity contribution >= 4 is 23.3 Å².